The first-order valence-electron chi connectivity index (χ1n) is 4.87. The molecule has 0 atom stereocenters. The molecule has 0 spiro atoms. The highest BCUT2D eigenvalue weighted by atomic mass is 16.3. The Hall–Kier alpha value is -1.29. The third-order valence-corrected chi connectivity index (χ3v) is 1.97. The highest BCUT2D eigenvalue weighted by molar-refractivity contribution is 5.95. The van der Waals surface area contributed by atoms with Gasteiger partial charge in [0.25, 0.3) is 5.91 Å². The van der Waals surface area contributed by atoms with Crippen LogP contribution in [0.25, 0.3) is 0 Å². The molecule has 0 aliphatic carbocycles. The second-order valence-electron chi connectivity index (χ2n) is 4.32. The smallest absolute Gasteiger partial charge is 0.254 e. The molecule has 1 amide bonds. The number of carbonyl (C=O) groups excluding carboxylic acids is 1. The Bertz CT molecular complexity index is 360. The SMILES string of the molecule is Cc1cc(C(=O)NCC(C)(C)O)c(C)o1. The van der Waals surface area contributed by atoms with Crippen LogP contribution in [-0.2, 0) is 0 Å². The molecule has 0 aliphatic rings. The molecule has 84 valence electrons. The molecule has 0 aliphatic heterocycles. The average molecular weight is 211 g/mol. The second-order valence-corrected chi connectivity index (χ2v) is 4.32. The first-order chi connectivity index (χ1) is 6.79. The van der Waals surface area contributed by atoms with Crippen molar-refractivity contribution in [3.63, 3.8) is 0 Å². The van der Waals surface area contributed by atoms with Gasteiger partial charge in [0.2, 0.25) is 0 Å². The summed E-state index contributed by atoms with van der Waals surface area (Å²) in [6, 6.07) is 1.69. The fourth-order valence-electron chi connectivity index (χ4n) is 1.25. The number of hydrogen-bond acceptors (Lipinski definition) is 3. The van der Waals surface area contributed by atoms with Gasteiger partial charge in [-0.2, -0.15) is 0 Å². The van der Waals surface area contributed by atoms with Crippen molar-refractivity contribution in [2.24, 2.45) is 0 Å². The van der Waals surface area contributed by atoms with Crippen molar-refractivity contribution < 1.29 is 14.3 Å². The Kier molecular flexibility index (Phi) is 3.19. The standard InChI is InChI=1S/C11H17NO3/c1-7-5-9(8(2)15-7)10(13)12-6-11(3,4)14/h5,14H,6H2,1-4H3,(H,12,13). The molecule has 2 N–H and O–H groups in total. The molecule has 1 rings (SSSR count). The Morgan fingerprint density at radius 1 is 1.53 bits per heavy atom. The number of nitrogens with one attached hydrogen (secondary N) is 1. The van der Waals surface area contributed by atoms with Gasteiger partial charge in [-0.1, -0.05) is 0 Å². The lowest BCUT2D eigenvalue weighted by atomic mass is 10.1. The van der Waals surface area contributed by atoms with Crippen molar-refractivity contribution in [1.82, 2.24) is 5.32 Å². The van der Waals surface area contributed by atoms with Crippen LogP contribution in [0.1, 0.15) is 35.7 Å². The van der Waals surface area contributed by atoms with Gasteiger partial charge in [0, 0.05) is 6.54 Å². The van der Waals surface area contributed by atoms with Crippen LogP contribution in [-0.4, -0.2) is 23.2 Å². The van der Waals surface area contributed by atoms with Crippen molar-refractivity contribution in [1.29, 1.82) is 0 Å². The number of hydrogen-bond donors (Lipinski definition) is 2. The van der Waals surface area contributed by atoms with Gasteiger partial charge in [-0.15, -0.1) is 0 Å². The van der Waals surface area contributed by atoms with E-state index in [2.05, 4.69) is 5.32 Å². The molecule has 4 nitrogen and oxygen atoms in total. The van der Waals surface area contributed by atoms with Gasteiger partial charge < -0.3 is 14.8 Å². The zero-order valence-corrected chi connectivity index (χ0v) is 9.55. The molecule has 0 bridgehead atoms. The maximum Gasteiger partial charge on any atom is 0.254 e. The van der Waals surface area contributed by atoms with Gasteiger partial charge in [-0.3, -0.25) is 4.79 Å². The van der Waals surface area contributed by atoms with Crippen LogP contribution in [0, 0.1) is 13.8 Å². The lowest BCUT2D eigenvalue weighted by molar-refractivity contribution is 0.0693. The minimum atomic E-state index is -0.900. The molecule has 15 heavy (non-hydrogen) atoms. The van der Waals surface area contributed by atoms with E-state index in [1.165, 1.54) is 0 Å². The molecule has 0 fully saturated rings. The van der Waals surface area contributed by atoms with Gasteiger partial charge in [0.1, 0.15) is 11.5 Å². The van der Waals surface area contributed by atoms with Gasteiger partial charge >= 0.3 is 0 Å². The first-order valence-corrected chi connectivity index (χ1v) is 4.87. The lowest BCUT2D eigenvalue weighted by Gasteiger charge is -2.17. The molecule has 0 aromatic carbocycles. The Balaban J connectivity index is 2.66. The fraction of sp³-hybridized carbons (Fsp3) is 0.545. The number of aliphatic hydroxyl groups is 1. The first kappa shape index (κ1) is 11.8. The van der Waals surface area contributed by atoms with Crippen molar-refractivity contribution in [3.05, 3.63) is 23.2 Å². The highest BCUT2D eigenvalue weighted by Crippen LogP contribution is 2.13. The summed E-state index contributed by atoms with van der Waals surface area (Å²) >= 11 is 0. The van der Waals surface area contributed by atoms with Crippen molar-refractivity contribution in [2.45, 2.75) is 33.3 Å². The van der Waals surface area contributed by atoms with Crippen molar-refractivity contribution >= 4 is 5.91 Å². The third-order valence-electron chi connectivity index (χ3n) is 1.97. The molecule has 1 aromatic heterocycles. The predicted octanol–water partition coefficient (Wildman–Crippen LogP) is 1.40. The molecule has 1 aromatic rings. The summed E-state index contributed by atoms with van der Waals surface area (Å²) in [6.45, 7) is 7.03. The normalized spacial score (nSPS) is 11.5. The van der Waals surface area contributed by atoms with Crippen LogP contribution in [0.3, 0.4) is 0 Å². The second kappa shape index (κ2) is 4.06. The Morgan fingerprint density at radius 3 is 2.53 bits per heavy atom. The monoisotopic (exact) mass is 211 g/mol. The van der Waals surface area contributed by atoms with E-state index in [4.69, 9.17) is 4.42 Å². The van der Waals surface area contributed by atoms with Crippen molar-refractivity contribution in [2.75, 3.05) is 6.54 Å². The predicted molar refractivity (Wildman–Crippen MR) is 56.8 cm³/mol. The quantitative estimate of drug-likeness (QED) is 0.794. The van der Waals surface area contributed by atoms with Gasteiger partial charge in [-0.25, -0.2) is 0 Å². The number of aryl methyl sites for hydroxylation is 2. The Labute approximate surface area is 89.3 Å². The van der Waals surface area contributed by atoms with Crippen LogP contribution < -0.4 is 5.32 Å². The summed E-state index contributed by atoms with van der Waals surface area (Å²) in [7, 11) is 0. The number of amides is 1. The lowest BCUT2D eigenvalue weighted by Crippen LogP contribution is -2.38. The molecule has 4 heteroatoms. The number of furan rings is 1. The molecule has 0 radical (unpaired) electrons. The van der Waals surface area contributed by atoms with E-state index in [9.17, 15) is 9.90 Å². The minimum Gasteiger partial charge on any atom is -0.466 e. The highest BCUT2D eigenvalue weighted by Gasteiger charge is 2.17. The van der Waals surface area contributed by atoms with Gasteiger partial charge in [0.15, 0.2) is 0 Å². The summed E-state index contributed by atoms with van der Waals surface area (Å²) in [5.74, 6) is 1.09. The van der Waals surface area contributed by atoms with E-state index < -0.39 is 5.60 Å². The molecule has 0 saturated carbocycles. The third kappa shape index (κ3) is 3.40. The van der Waals surface area contributed by atoms with E-state index in [-0.39, 0.29) is 12.5 Å². The maximum absolute atomic E-state index is 11.6. The van der Waals surface area contributed by atoms with Gasteiger partial charge in [0.05, 0.1) is 11.2 Å². The zero-order chi connectivity index (χ0) is 11.6. The zero-order valence-electron chi connectivity index (χ0n) is 9.55. The Morgan fingerprint density at radius 2 is 2.13 bits per heavy atom. The molecule has 1 heterocycles. The number of rotatable bonds is 3. The van der Waals surface area contributed by atoms with E-state index in [0.717, 1.165) is 0 Å². The van der Waals surface area contributed by atoms with Crippen LogP contribution in [0.15, 0.2) is 10.5 Å². The van der Waals surface area contributed by atoms with E-state index in [0.29, 0.717) is 17.1 Å². The molecule has 0 saturated heterocycles. The molecule has 0 unspecified atom stereocenters. The fourth-order valence-corrected chi connectivity index (χ4v) is 1.25. The van der Waals surface area contributed by atoms with E-state index in [1.807, 2.05) is 0 Å². The maximum atomic E-state index is 11.6. The van der Waals surface area contributed by atoms with E-state index >= 15 is 0 Å². The van der Waals surface area contributed by atoms with Crippen LogP contribution in [0.4, 0.5) is 0 Å². The summed E-state index contributed by atoms with van der Waals surface area (Å²) in [5, 5.41) is 12.1. The summed E-state index contributed by atoms with van der Waals surface area (Å²) < 4.78 is 5.24. The summed E-state index contributed by atoms with van der Waals surface area (Å²) in [5.41, 5.74) is -0.376. The largest absolute Gasteiger partial charge is 0.466 e. The summed E-state index contributed by atoms with van der Waals surface area (Å²) in [6.07, 6.45) is 0. The van der Waals surface area contributed by atoms with Crippen LogP contribution in [0.2, 0.25) is 0 Å². The minimum absolute atomic E-state index is 0.216. The van der Waals surface area contributed by atoms with Crippen LogP contribution >= 0.6 is 0 Å². The molecular formula is C11H17NO3. The van der Waals surface area contributed by atoms with Crippen molar-refractivity contribution in [3.8, 4) is 0 Å². The summed E-state index contributed by atoms with van der Waals surface area (Å²) in [4.78, 5) is 11.6. The number of carbonyl (C=O) groups is 1. The van der Waals surface area contributed by atoms with E-state index in [1.54, 1.807) is 33.8 Å². The molecular weight excluding hydrogens is 194 g/mol. The average Bonchev–Trinajstić information content (AvgIpc) is 2.40. The van der Waals surface area contributed by atoms with Gasteiger partial charge in [-0.05, 0) is 33.8 Å². The topological polar surface area (TPSA) is 62.5 Å². The van der Waals surface area contributed by atoms with Crippen LogP contribution in [0.5, 0.6) is 0 Å².